The van der Waals surface area contributed by atoms with Crippen molar-refractivity contribution in [3.05, 3.63) is 28.7 Å². The van der Waals surface area contributed by atoms with Crippen molar-refractivity contribution in [2.45, 2.75) is 32.7 Å². The van der Waals surface area contributed by atoms with E-state index in [0.717, 1.165) is 23.0 Å². The fourth-order valence-electron chi connectivity index (χ4n) is 2.00. The normalized spacial score (nSPS) is 12.8. The molecule has 0 aliphatic carbocycles. The molecule has 0 aliphatic rings. The maximum Gasteiger partial charge on any atom is 0.0487 e. The van der Waals surface area contributed by atoms with E-state index in [9.17, 15) is 0 Å². The summed E-state index contributed by atoms with van der Waals surface area (Å²) in [7, 11) is 0. The van der Waals surface area contributed by atoms with Gasteiger partial charge in [0.2, 0.25) is 0 Å². The summed E-state index contributed by atoms with van der Waals surface area (Å²) in [6.07, 6.45) is 2.33. The Morgan fingerprint density at radius 1 is 1.25 bits per heavy atom. The van der Waals surface area contributed by atoms with Crippen molar-refractivity contribution in [3.8, 4) is 0 Å². The van der Waals surface area contributed by atoms with E-state index in [2.05, 4.69) is 41.2 Å². The minimum absolute atomic E-state index is 0.355. The van der Waals surface area contributed by atoms with E-state index in [1.807, 2.05) is 18.2 Å². The minimum atomic E-state index is 0.355. The van der Waals surface area contributed by atoms with Crippen LogP contribution in [0.5, 0.6) is 0 Å². The van der Waals surface area contributed by atoms with Gasteiger partial charge in [-0.15, -0.1) is 0 Å². The van der Waals surface area contributed by atoms with Crippen LogP contribution < -0.4 is 11.1 Å². The van der Waals surface area contributed by atoms with Crippen LogP contribution >= 0.6 is 15.9 Å². The van der Waals surface area contributed by atoms with Gasteiger partial charge in [0.25, 0.3) is 0 Å². The number of nitrogens with two attached hydrogens (primary N) is 1. The lowest BCUT2D eigenvalue weighted by Crippen LogP contribution is -2.36. The monoisotopic (exact) mass is 284 g/mol. The van der Waals surface area contributed by atoms with Crippen LogP contribution in [0.1, 0.15) is 26.7 Å². The van der Waals surface area contributed by atoms with Gasteiger partial charge in [-0.2, -0.15) is 0 Å². The molecular formula is C13H21BrN2. The van der Waals surface area contributed by atoms with E-state index in [1.165, 1.54) is 0 Å². The zero-order valence-electron chi connectivity index (χ0n) is 10.0. The van der Waals surface area contributed by atoms with Crippen molar-refractivity contribution in [2.24, 2.45) is 11.7 Å². The van der Waals surface area contributed by atoms with E-state index >= 15 is 0 Å². The molecule has 0 saturated carbocycles. The zero-order chi connectivity index (χ0) is 12.0. The average Bonchev–Trinajstić information content (AvgIpc) is 2.31. The van der Waals surface area contributed by atoms with Crippen LogP contribution in [0.25, 0.3) is 0 Å². The van der Waals surface area contributed by atoms with Gasteiger partial charge in [-0.25, -0.2) is 0 Å². The van der Waals surface area contributed by atoms with Gasteiger partial charge in [-0.3, -0.25) is 0 Å². The first-order valence-electron chi connectivity index (χ1n) is 5.94. The highest BCUT2D eigenvalue weighted by molar-refractivity contribution is 9.10. The van der Waals surface area contributed by atoms with Crippen molar-refractivity contribution < 1.29 is 0 Å². The first kappa shape index (κ1) is 13.5. The summed E-state index contributed by atoms with van der Waals surface area (Å²) in [4.78, 5) is 0. The Hall–Kier alpha value is -0.540. The first-order valence-corrected chi connectivity index (χ1v) is 6.73. The summed E-state index contributed by atoms with van der Waals surface area (Å²) in [6.45, 7) is 5.12. The second-order valence-corrected chi connectivity index (χ2v) is 4.90. The van der Waals surface area contributed by atoms with Gasteiger partial charge in [-0.1, -0.05) is 38.8 Å². The topological polar surface area (TPSA) is 38.0 Å². The van der Waals surface area contributed by atoms with Crippen molar-refractivity contribution in [3.63, 3.8) is 0 Å². The van der Waals surface area contributed by atoms with Gasteiger partial charge in [0, 0.05) is 22.7 Å². The maximum absolute atomic E-state index is 5.84. The standard InChI is InChI=1S/C13H21BrN2/c1-3-10(4-2)13(9-15)16-12-8-6-5-7-11(12)14/h5-8,10,13,16H,3-4,9,15H2,1-2H3. The Balaban J connectivity index is 2.73. The number of hydrogen-bond donors (Lipinski definition) is 2. The molecule has 0 amide bonds. The third-order valence-electron chi connectivity index (χ3n) is 3.09. The fourth-order valence-corrected chi connectivity index (χ4v) is 2.40. The van der Waals surface area contributed by atoms with E-state index in [0.29, 0.717) is 18.5 Å². The van der Waals surface area contributed by atoms with Crippen LogP contribution in [0.15, 0.2) is 28.7 Å². The quantitative estimate of drug-likeness (QED) is 0.837. The molecule has 1 aromatic rings. The summed E-state index contributed by atoms with van der Waals surface area (Å²) in [5, 5.41) is 3.53. The van der Waals surface area contributed by atoms with Crippen LogP contribution in [-0.4, -0.2) is 12.6 Å². The zero-order valence-corrected chi connectivity index (χ0v) is 11.6. The molecule has 0 fully saturated rings. The molecule has 0 aromatic heterocycles. The number of halogens is 1. The van der Waals surface area contributed by atoms with E-state index < -0.39 is 0 Å². The third-order valence-corrected chi connectivity index (χ3v) is 3.78. The van der Waals surface area contributed by atoms with E-state index in [4.69, 9.17) is 5.73 Å². The van der Waals surface area contributed by atoms with E-state index in [-0.39, 0.29) is 0 Å². The Kier molecular flexibility index (Phi) is 5.85. The van der Waals surface area contributed by atoms with Crippen molar-refractivity contribution >= 4 is 21.6 Å². The molecule has 0 saturated heterocycles. The molecule has 90 valence electrons. The van der Waals surface area contributed by atoms with Gasteiger partial charge in [0.05, 0.1) is 0 Å². The van der Waals surface area contributed by atoms with Crippen molar-refractivity contribution in [1.82, 2.24) is 0 Å². The number of para-hydroxylation sites is 1. The van der Waals surface area contributed by atoms with Crippen molar-refractivity contribution in [2.75, 3.05) is 11.9 Å². The van der Waals surface area contributed by atoms with Gasteiger partial charge in [0.1, 0.15) is 0 Å². The molecule has 1 aromatic carbocycles. The molecule has 1 atom stereocenters. The molecule has 2 nitrogen and oxygen atoms in total. The lowest BCUT2D eigenvalue weighted by molar-refractivity contribution is 0.422. The summed E-state index contributed by atoms with van der Waals surface area (Å²) >= 11 is 3.54. The Morgan fingerprint density at radius 2 is 1.88 bits per heavy atom. The maximum atomic E-state index is 5.84. The van der Waals surface area contributed by atoms with Crippen LogP contribution in [0, 0.1) is 5.92 Å². The van der Waals surface area contributed by atoms with Gasteiger partial charge in [-0.05, 0) is 34.0 Å². The number of benzene rings is 1. The van der Waals surface area contributed by atoms with Gasteiger partial charge >= 0.3 is 0 Å². The van der Waals surface area contributed by atoms with Crippen LogP contribution in [0.2, 0.25) is 0 Å². The molecular weight excluding hydrogens is 264 g/mol. The predicted octanol–water partition coefficient (Wildman–Crippen LogP) is 3.62. The molecule has 3 heteroatoms. The Morgan fingerprint density at radius 3 is 2.38 bits per heavy atom. The largest absolute Gasteiger partial charge is 0.380 e. The summed E-state index contributed by atoms with van der Waals surface area (Å²) < 4.78 is 1.10. The molecule has 0 aliphatic heterocycles. The number of hydrogen-bond acceptors (Lipinski definition) is 2. The molecule has 1 unspecified atom stereocenters. The first-order chi connectivity index (χ1) is 7.72. The highest BCUT2D eigenvalue weighted by Crippen LogP contribution is 2.24. The molecule has 1 rings (SSSR count). The lowest BCUT2D eigenvalue weighted by Gasteiger charge is -2.26. The summed E-state index contributed by atoms with van der Waals surface area (Å²) in [6, 6.07) is 8.53. The molecule has 0 spiro atoms. The van der Waals surface area contributed by atoms with Crippen LogP contribution in [0.4, 0.5) is 5.69 Å². The number of rotatable bonds is 6. The molecule has 16 heavy (non-hydrogen) atoms. The van der Waals surface area contributed by atoms with Crippen molar-refractivity contribution in [1.29, 1.82) is 0 Å². The van der Waals surface area contributed by atoms with E-state index in [1.54, 1.807) is 0 Å². The lowest BCUT2D eigenvalue weighted by atomic mass is 9.94. The Labute approximate surface area is 107 Å². The second-order valence-electron chi connectivity index (χ2n) is 4.04. The molecule has 0 heterocycles. The Bertz CT molecular complexity index is 311. The number of anilines is 1. The number of nitrogens with one attached hydrogen (secondary N) is 1. The predicted molar refractivity (Wildman–Crippen MR) is 74.7 cm³/mol. The SMILES string of the molecule is CCC(CC)C(CN)Nc1ccccc1Br. The second kappa shape index (κ2) is 6.92. The van der Waals surface area contributed by atoms with Gasteiger partial charge < -0.3 is 11.1 Å². The highest BCUT2D eigenvalue weighted by Gasteiger charge is 2.17. The smallest absolute Gasteiger partial charge is 0.0487 e. The average molecular weight is 285 g/mol. The summed E-state index contributed by atoms with van der Waals surface area (Å²) in [5.41, 5.74) is 6.97. The minimum Gasteiger partial charge on any atom is -0.380 e. The molecule has 0 radical (unpaired) electrons. The third kappa shape index (κ3) is 3.49. The molecule has 0 bridgehead atoms. The summed E-state index contributed by atoms with van der Waals surface area (Å²) in [5.74, 6) is 0.636. The highest BCUT2D eigenvalue weighted by atomic mass is 79.9. The van der Waals surface area contributed by atoms with Crippen LogP contribution in [-0.2, 0) is 0 Å². The molecule has 3 N–H and O–H groups in total. The fraction of sp³-hybridized carbons (Fsp3) is 0.538. The van der Waals surface area contributed by atoms with Gasteiger partial charge in [0.15, 0.2) is 0 Å². The van der Waals surface area contributed by atoms with Crippen LogP contribution in [0.3, 0.4) is 0 Å².